The molecule has 0 saturated heterocycles. The van der Waals surface area contributed by atoms with Crippen LogP contribution in [-0.2, 0) is 7.05 Å². The standard InChI is InChI=1S/C11H8BrClN2O/c1-15-6-7(5-14-15)11(16)9-4-8(12)2-3-10(9)13/h2-6H,1H3. The van der Waals surface area contributed by atoms with Gasteiger partial charge in [0.05, 0.1) is 16.8 Å². The van der Waals surface area contributed by atoms with Crippen LogP contribution in [0.15, 0.2) is 35.1 Å². The number of benzene rings is 1. The number of aromatic nitrogens is 2. The number of rotatable bonds is 2. The van der Waals surface area contributed by atoms with Crippen molar-refractivity contribution in [2.75, 3.05) is 0 Å². The van der Waals surface area contributed by atoms with E-state index in [9.17, 15) is 4.79 Å². The van der Waals surface area contributed by atoms with Gasteiger partial charge in [0.25, 0.3) is 0 Å². The lowest BCUT2D eigenvalue weighted by molar-refractivity contribution is 0.103. The van der Waals surface area contributed by atoms with Gasteiger partial charge in [0, 0.05) is 23.3 Å². The Hall–Kier alpha value is -1.13. The quantitative estimate of drug-likeness (QED) is 0.799. The first-order valence-electron chi connectivity index (χ1n) is 4.56. The Morgan fingerprint density at radius 3 is 2.88 bits per heavy atom. The molecule has 5 heteroatoms. The second kappa shape index (κ2) is 4.39. The van der Waals surface area contributed by atoms with E-state index >= 15 is 0 Å². The van der Waals surface area contributed by atoms with Crippen LogP contribution < -0.4 is 0 Å². The van der Waals surface area contributed by atoms with Gasteiger partial charge in [-0.15, -0.1) is 0 Å². The summed E-state index contributed by atoms with van der Waals surface area (Å²) in [5.74, 6) is -0.126. The molecule has 0 fully saturated rings. The number of aryl methyl sites for hydroxylation is 1. The van der Waals surface area contributed by atoms with Gasteiger partial charge < -0.3 is 0 Å². The van der Waals surface area contributed by atoms with Crippen molar-refractivity contribution in [1.29, 1.82) is 0 Å². The summed E-state index contributed by atoms with van der Waals surface area (Å²) >= 11 is 9.29. The summed E-state index contributed by atoms with van der Waals surface area (Å²) in [5, 5.41) is 4.40. The Morgan fingerprint density at radius 2 is 2.25 bits per heavy atom. The summed E-state index contributed by atoms with van der Waals surface area (Å²) in [6, 6.07) is 5.19. The van der Waals surface area contributed by atoms with Crippen LogP contribution in [0.4, 0.5) is 0 Å². The van der Waals surface area contributed by atoms with Crippen molar-refractivity contribution in [3.63, 3.8) is 0 Å². The maximum Gasteiger partial charge on any atom is 0.197 e. The molecule has 3 nitrogen and oxygen atoms in total. The van der Waals surface area contributed by atoms with Crippen molar-refractivity contribution in [3.05, 3.63) is 51.2 Å². The molecule has 2 aromatic rings. The lowest BCUT2D eigenvalue weighted by Crippen LogP contribution is -2.01. The van der Waals surface area contributed by atoms with E-state index in [4.69, 9.17) is 11.6 Å². The largest absolute Gasteiger partial charge is 0.288 e. The Morgan fingerprint density at radius 1 is 1.50 bits per heavy atom. The predicted molar refractivity (Wildman–Crippen MR) is 65.8 cm³/mol. The normalized spacial score (nSPS) is 10.4. The first kappa shape index (κ1) is 11.4. The second-order valence-electron chi connectivity index (χ2n) is 3.36. The number of nitrogens with zero attached hydrogens (tertiary/aromatic N) is 2. The summed E-state index contributed by atoms with van der Waals surface area (Å²) in [6.45, 7) is 0. The Labute approximate surface area is 106 Å². The average Bonchev–Trinajstić information content (AvgIpc) is 2.67. The van der Waals surface area contributed by atoms with Gasteiger partial charge in [-0.3, -0.25) is 9.48 Å². The molecule has 0 unspecified atom stereocenters. The van der Waals surface area contributed by atoms with Crippen molar-refractivity contribution in [3.8, 4) is 0 Å². The van der Waals surface area contributed by atoms with Crippen LogP contribution in [0.25, 0.3) is 0 Å². The highest BCUT2D eigenvalue weighted by molar-refractivity contribution is 9.10. The van der Waals surface area contributed by atoms with Crippen LogP contribution in [0.2, 0.25) is 5.02 Å². The Kier molecular flexibility index (Phi) is 3.12. The Bertz CT molecular complexity index is 551. The minimum absolute atomic E-state index is 0.126. The van der Waals surface area contributed by atoms with E-state index in [0.717, 1.165) is 4.47 Å². The lowest BCUT2D eigenvalue weighted by atomic mass is 10.1. The average molecular weight is 300 g/mol. The van der Waals surface area contributed by atoms with Gasteiger partial charge in [-0.2, -0.15) is 5.10 Å². The first-order chi connectivity index (χ1) is 7.58. The van der Waals surface area contributed by atoms with Crippen LogP contribution >= 0.6 is 27.5 Å². The van der Waals surface area contributed by atoms with Gasteiger partial charge in [0.2, 0.25) is 0 Å². The minimum atomic E-state index is -0.126. The van der Waals surface area contributed by atoms with E-state index in [-0.39, 0.29) is 5.78 Å². The maximum atomic E-state index is 12.1. The van der Waals surface area contributed by atoms with Crippen LogP contribution in [0.1, 0.15) is 15.9 Å². The summed E-state index contributed by atoms with van der Waals surface area (Å²) in [4.78, 5) is 12.1. The highest BCUT2D eigenvalue weighted by Crippen LogP contribution is 2.23. The van der Waals surface area contributed by atoms with Crippen LogP contribution in [-0.4, -0.2) is 15.6 Å². The van der Waals surface area contributed by atoms with Gasteiger partial charge in [-0.05, 0) is 18.2 Å². The number of carbonyl (C=O) groups is 1. The van der Waals surface area contributed by atoms with Crippen LogP contribution in [0, 0.1) is 0 Å². The van der Waals surface area contributed by atoms with E-state index in [1.807, 2.05) is 0 Å². The number of carbonyl (C=O) groups excluding carboxylic acids is 1. The van der Waals surface area contributed by atoms with E-state index in [2.05, 4.69) is 21.0 Å². The summed E-state index contributed by atoms with van der Waals surface area (Å²) < 4.78 is 2.41. The third-order valence-corrected chi connectivity index (χ3v) is 2.96. The zero-order chi connectivity index (χ0) is 11.7. The molecular weight excluding hydrogens is 291 g/mol. The topological polar surface area (TPSA) is 34.9 Å². The molecular formula is C11H8BrClN2O. The molecule has 2 rings (SSSR count). The summed E-state index contributed by atoms with van der Waals surface area (Å²) in [5.41, 5.74) is 1.01. The number of halogens is 2. The molecule has 16 heavy (non-hydrogen) atoms. The van der Waals surface area contributed by atoms with Crippen molar-refractivity contribution >= 4 is 33.3 Å². The van der Waals surface area contributed by atoms with Crippen LogP contribution in [0.3, 0.4) is 0 Å². The zero-order valence-electron chi connectivity index (χ0n) is 8.45. The molecule has 0 aliphatic carbocycles. The van der Waals surface area contributed by atoms with Crippen molar-refractivity contribution in [1.82, 2.24) is 9.78 Å². The molecule has 0 atom stereocenters. The fraction of sp³-hybridized carbons (Fsp3) is 0.0909. The maximum absolute atomic E-state index is 12.1. The number of ketones is 1. The molecule has 1 aromatic carbocycles. The first-order valence-corrected chi connectivity index (χ1v) is 5.73. The monoisotopic (exact) mass is 298 g/mol. The second-order valence-corrected chi connectivity index (χ2v) is 4.68. The molecule has 0 bridgehead atoms. The third-order valence-electron chi connectivity index (χ3n) is 2.14. The van der Waals surface area contributed by atoms with Gasteiger partial charge in [0.15, 0.2) is 5.78 Å². The molecule has 0 radical (unpaired) electrons. The number of hydrogen-bond acceptors (Lipinski definition) is 2. The highest BCUT2D eigenvalue weighted by atomic mass is 79.9. The van der Waals surface area contributed by atoms with Gasteiger partial charge in [0.1, 0.15) is 0 Å². The van der Waals surface area contributed by atoms with E-state index in [0.29, 0.717) is 16.1 Å². The van der Waals surface area contributed by atoms with Gasteiger partial charge >= 0.3 is 0 Å². The third kappa shape index (κ3) is 2.18. The molecule has 0 aliphatic rings. The van der Waals surface area contributed by atoms with E-state index in [1.165, 1.54) is 6.20 Å². The predicted octanol–water partition coefficient (Wildman–Crippen LogP) is 3.07. The minimum Gasteiger partial charge on any atom is -0.288 e. The number of hydrogen-bond donors (Lipinski definition) is 0. The zero-order valence-corrected chi connectivity index (χ0v) is 10.8. The Balaban J connectivity index is 2.45. The van der Waals surface area contributed by atoms with Gasteiger partial charge in [-0.25, -0.2) is 0 Å². The van der Waals surface area contributed by atoms with Crippen LogP contribution in [0.5, 0.6) is 0 Å². The van der Waals surface area contributed by atoms with Crippen molar-refractivity contribution in [2.24, 2.45) is 7.05 Å². The summed E-state index contributed by atoms with van der Waals surface area (Å²) in [6.07, 6.45) is 3.19. The molecule has 0 N–H and O–H groups in total. The fourth-order valence-electron chi connectivity index (χ4n) is 1.37. The molecule has 0 amide bonds. The smallest absolute Gasteiger partial charge is 0.197 e. The molecule has 82 valence electrons. The molecule has 0 aliphatic heterocycles. The molecule has 1 heterocycles. The van der Waals surface area contributed by atoms with E-state index < -0.39 is 0 Å². The van der Waals surface area contributed by atoms with Crippen molar-refractivity contribution in [2.45, 2.75) is 0 Å². The van der Waals surface area contributed by atoms with E-state index in [1.54, 1.807) is 36.1 Å². The molecule has 1 aromatic heterocycles. The highest BCUT2D eigenvalue weighted by Gasteiger charge is 2.14. The molecule has 0 spiro atoms. The lowest BCUT2D eigenvalue weighted by Gasteiger charge is -2.01. The van der Waals surface area contributed by atoms with Gasteiger partial charge in [-0.1, -0.05) is 27.5 Å². The molecule has 0 saturated carbocycles. The fourth-order valence-corrected chi connectivity index (χ4v) is 1.93. The summed E-state index contributed by atoms with van der Waals surface area (Å²) in [7, 11) is 1.76. The van der Waals surface area contributed by atoms with Crippen molar-refractivity contribution < 1.29 is 4.79 Å². The SMILES string of the molecule is Cn1cc(C(=O)c2cc(Br)ccc2Cl)cn1.